The summed E-state index contributed by atoms with van der Waals surface area (Å²) in [6.07, 6.45) is 3.04. The van der Waals surface area contributed by atoms with Crippen molar-refractivity contribution in [2.75, 3.05) is 0 Å². The minimum Gasteiger partial charge on any atom is -0.0651 e. The summed E-state index contributed by atoms with van der Waals surface area (Å²) in [4.78, 5) is 0. The van der Waals surface area contributed by atoms with E-state index in [2.05, 4.69) is 13.8 Å². The molecule has 4 rings (SSSR count). The molecule has 4 aliphatic carbocycles. The Morgan fingerprint density at radius 1 is 1.44 bits per heavy atom. The van der Waals surface area contributed by atoms with E-state index in [9.17, 15) is 0 Å². The van der Waals surface area contributed by atoms with Gasteiger partial charge in [-0.1, -0.05) is 20.3 Å². The molecule has 0 aromatic rings. The number of fused-ring (bicyclic) bond motifs is 1. The van der Waals surface area contributed by atoms with Gasteiger partial charge in [0.05, 0.1) is 0 Å². The van der Waals surface area contributed by atoms with Crippen LogP contribution in [0.5, 0.6) is 0 Å². The Morgan fingerprint density at radius 2 is 2.11 bits per heavy atom. The summed E-state index contributed by atoms with van der Waals surface area (Å²) < 4.78 is 0. The number of rotatable bonds is 1. The molecule has 0 amide bonds. The minimum atomic E-state index is 0.917. The minimum absolute atomic E-state index is 0.917. The van der Waals surface area contributed by atoms with Gasteiger partial charge in [-0.25, -0.2) is 0 Å². The molecule has 5 unspecified atom stereocenters. The van der Waals surface area contributed by atoms with Crippen LogP contribution in [0.2, 0.25) is 0 Å². The first-order chi connectivity index (χ1) is 4.30. The SMILES string of the molecule is CCC1CC2C3C1C23C. The Balaban J connectivity index is 1.90. The fraction of sp³-hybridized carbons (Fsp3) is 1.00. The van der Waals surface area contributed by atoms with Crippen molar-refractivity contribution in [2.45, 2.75) is 26.7 Å². The van der Waals surface area contributed by atoms with Crippen LogP contribution in [-0.4, -0.2) is 0 Å². The molecule has 0 heterocycles. The molecule has 9 heavy (non-hydrogen) atoms. The average molecular weight is 122 g/mol. The van der Waals surface area contributed by atoms with Crippen LogP contribution >= 0.6 is 0 Å². The quantitative estimate of drug-likeness (QED) is 0.500. The summed E-state index contributed by atoms with van der Waals surface area (Å²) in [5.74, 6) is 4.77. The first-order valence-corrected chi connectivity index (χ1v) is 4.30. The topological polar surface area (TPSA) is 0 Å². The van der Waals surface area contributed by atoms with Crippen LogP contribution in [0.25, 0.3) is 0 Å². The highest BCUT2D eigenvalue weighted by Crippen LogP contribution is 2.92. The Morgan fingerprint density at radius 3 is 2.33 bits per heavy atom. The first kappa shape index (κ1) is 4.76. The lowest BCUT2D eigenvalue weighted by molar-refractivity contribution is 0.449. The molecule has 4 aliphatic rings. The summed E-state index contributed by atoms with van der Waals surface area (Å²) in [6, 6.07) is 0. The van der Waals surface area contributed by atoms with Gasteiger partial charge in [0.15, 0.2) is 0 Å². The second kappa shape index (κ2) is 0.980. The first-order valence-electron chi connectivity index (χ1n) is 4.30. The predicted octanol–water partition coefficient (Wildman–Crippen LogP) is 2.30. The summed E-state index contributed by atoms with van der Waals surface area (Å²) in [5, 5.41) is 0. The molecule has 5 atom stereocenters. The van der Waals surface area contributed by atoms with Crippen molar-refractivity contribution >= 4 is 0 Å². The van der Waals surface area contributed by atoms with Crippen LogP contribution in [-0.2, 0) is 0 Å². The zero-order valence-electron chi connectivity index (χ0n) is 6.22. The third kappa shape index (κ3) is 0.281. The number of hydrogen-bond acceptors (Lipinski definition) is 0. The molecule has 50 valence electrons. The Hall–Kier alpha value is 0. The third-order valence-electron chi connectivity index (χ3n) is 4.43. The van der Waals surface area contributed by atoms with Gasteiger partial charge in [-0.15, -0.1) is 0 Å². The monoisotopic (exact) mass is 122 g/mol. The molecule has 0 saturated heterocycles. The van der Waals surface area contributed by atoms with Gasteiger partial charge in [0.1, 0.15) is 0 Å². The normalized spacial score (nSPS) is 74.0. The van der Waals surface area contributed by atoms with Crippen molar-refractivity contribution in [1.82, 2.24) is 0 Å². The van der Waals surface area contributed by atoms with E-state index in [0.717, 1.165) is 11.3 Å². The van der Waals surface area contributed by atoms with Crippen molar-refractivity contribution in [3.63, 3.8) is 0 Å². The Labute approximate surface area is 56.6 Å². The van der Waals surface area contributed by atoms with Gasteiger partial charge in [0.25, 0.3) is 0 Å². The Kier molecular flexibility index (Phi) is 0.518. The zero-order valence-corrected chi connectivity index (χ0v) is 6.22. The van der Waals surface area contributed by atoms with Gasteiger partial charge in [-0.2, -0.15) is 0 Å². The lowest BCUT2D eigenvalue weighted by Crippen LogP contribution is -1.97. The van der Waals surface area contributed by atoms with Crippen LogP contribution < -0.4 is 0 Å². The standard InChI is InChI=1S/C9H14/c1-3-5-4-6-8-7(5)9(6,8)2/h5-8H,3-4H2,1-2H3. The number of hydrogen-bond donors (Lipinski definition) is 0. The van der Waals surface area contributed by atoms with Gasteiger partial charge in [0.2, 0.25) is 0 Å². The molecular weight excluding hydrogens is 108 g/mol. The maximum atomic E-state index is 2.50. The van der Waals surface area contributed by atoms with E-state index in [4.69, 9.17) is 0 Å². The zero-order chi connectivity index (χ0) is 6.22. The molecule has 2 bridgehead atoms. The molecule has 0 aliphatic heterocycles. The van der Waals surface area contributed by atoms with Gasteiger partial charge in [-0.3, -0.25) is 0 Å². The average Bonchev–Trinajstić information content (AvgIpc) is 2.56. The van der Waals surface area contributed by atoms with E-state index >= 15 is 0 Å². The van der Waals surface area contributed by atoms with Crippen LogP contribution in [0.1, 0.15) is 26.7 Å². The Bertz CT molecular complexity index is 167. The van der Waals surface area contributed by atoms with E-state index in [1.807, 2.05) is 0 Å². The molecule has 4 saturated carbocycles. The van der Waals surface area contributed by atoms with Crippen molar-refractivity contribution in [3.05, 3.63) is 0 Å². The van der Waals surface area contributed by atoms with Gasteiger partial charge in [0, 0.05) is 0 Å². The lowest BCUT2D eigenvalue weighted by atomic mass is 10.0. The fourth-order valence-electron chi connectivity index (χ4n) is 3.74. The molecule has 0 nitrogen and oxygen atoms in total. The van der Waals surface area contributed by atoms with Crippen molar-refractivity contribution in [1.29, 1.82) is 0 Å². The van der Waals surface area contributed by atoms with Crippen LogP contribution in [0.3, 0.4) is 0 Å². The molecule has 0 aromatic heterocycles. The van der Waals surface area contributed by atoms with Crippen LogP contribution in [0, 0.1) is 29.1 Å². The summed E-state index contributed by atoms with van der Waals surface area (Å²) >= 11 is 0. The smallest absolute Gasteiger partial charge is 0.0226 e. The van der Waals surface area contributed by atoms with E-state index in [-0.39, 0.29) is 0 Å². The maximum Gasteiger partial charge on any atom is -0.0226 e. The fourth-order valence-corrected chi connectivity index (χ4v) is 3.74. The second-order valence-electron chi connectivity index (χ2n) is 4.43. The molecule has 0 aromatic carbocycles. The van der Waals surface area contributed by atoms with Crippen molar-refractivity contribution < 1.29 is 0 Å². The van der Waals surface area contributed by atoms with Crippen molar-refractivity contribution in [3.8, 4) is 0 Å². The second-order valence-corrected chi connectivity index (χ2v) is 4.43. The molecule has 0 heteroatoms. The largest absolute Gasteiger partial charge is 0.0651 e. The molecule has 0 radical (unpaired) electrons. The molecule has 4 fully saturated rings. The highest BCUT2D eigenvalue weighted by Gasteiger charge is 2.88. The van der Waals surface area contributed by atoms with Crippen LogP contribution in [0.15, 0.2) is 0 Å². The maximum absolute atomic E-state index is 2.50. The molecular formula is C9H14. The van der Waals surface area contributed by atoms with Gasteiger partial charge >= 0.3 is 0 Å². The highest BCUT2D eigenvalue weighted by atomic mass is 14.9. The summed E-state index contributed by atoms with van der Waals surface area (Å²) in [5.41, 5.74) is 0.917. The van der Waals surface area contributed by atoms with E-state index in [1.54, 1.807) is 6.42 Å². The van der Waals surface area contributed by atoms with Gasteiger partial charge in [-0.05, 0) is 35.5 Å². The van der Waals surface area contributed by atoms with Crippen molar-refractivity contribution in [2.24, 2.45) is 29.1 Å². The summed E-state index contributed by atoms with van der Waals surface area (Å²) in [6.45, 7) is 4.86. The lowest BCUT2D eigenvalue weighted by Gasteiger charge is -2.04. The van der Waals surface area contributed by atoms with Crippen LogP contribution in [0.4, 0.5) is 0 Å². The highest BCUT2D eigenvalue weighted by molar-refractivity contribution is 5.35. The molecule has 0 N–H and O–H groups in total. The third-order valence-corrected chi connectivity index (χ3v) is 4.43. The van der Waals surface area contributed by atoms with Gasteiger partial charge < -0.3 is 0 Å². The molecule has 0 spiro atoms. The summed E-state index contributed by atoms with van der Waals surface area (Å²) in [7, 11) is 0. The van der Waals surface area contributed by atoms with E-state index in [0.29, 0.717) is 0 Å². The van der Waals surface area contributed by atoms with E-state index in [1.165, 1.54) is 24.2 Å². The van der Waals surface area contributed by atoms with E-state index < -0.39 is 0 Å². The predicted molar refractivity (Wildman–Crippen MR) is 37.0 cm³/mol.